The summed E-state index contributed by atoms with van der Waals surface area (Å²) in [5.74, 6) is -0.247. The van der Waals surface area contributed by atoms with Crippen LogP contribution in [0.2, 0.25) is 10.0 Å². The van der Waals surface area contributed by atoms with Gasteiger partial charge in [-0.3, -0.25) is 4.79 Å². The number of carbonyl (C=O) groups is 1. The minimum Gasteiger partial charge on any atom is -0.323 e. The van der Waals surface area contributed by atoms with Crippen molar-refractivity contribution in [3.8, 4) is 0 Å². The molecule has 20 heavy (non-hydrogen) atoms. The average molecular weight is 371 g/mol. The average Bonchev–Trinajstić information content (AvgIpc) is 2.41. The van der Waals surface area contributed by atoms with Gasteiger partial charge in [-0.25, -0.2) is 0 Å². The van der Waals surface area contributed by atoms with E-state index in [-0.39, 0.29) is 5.91 Å². The van der Waals surface area contributed by atoms with Gasteiger partial charge in [-0.05, 0) is 42.5 Å². The van der Waals surface area contributed by atoms with E-state index >= 15 is 0 Å². The smallest absolute Gasteiger partial charge is 0.248 e. The zero-order valence-corrected chi connectivity index (χ0v) is 13.3. The highest BCUT2D eigenvalue weighted by atomic mass is 79.9. The summed E-state index contributed by atoms with van der Waals surface area (Å²) in [7, 11) is 0. The number of anilines is 1. The van der Waals surface area contributed by atoms with Gasteiger partial charge < -0.3 is 5.32 Å². The lowest BCUT2D eigenvalue weighted by atomic mass is 10.2. The lowest BCUT2D eigenvalue weighted by molar-refractivity contribution is -0.111. The second-order valence-electron chi connectivity index (χ2n) is 3.96. The van der Waals surface area contributed by atoms with Crippen molar-refractivity contribution in [1.29, 1.82) is 0 Å². The number of hydrogen-bond acceptors (Lipinski definition) is 1. The zero-order chi connectivity index (χ0) is 14.5. The molecule has 0 aromatic heterocycles. The molecule has 0 aliphatic rings. The van der Waals surface area contributed by atoms with Gasteiger partial charge >= 0.3 is 0 Å². The lowest BCUT2D eigenvalue weighted by Crippen LogP contribution is -2.07. The summed E-state index contributed by atoms with van der Waals surface area (Å²) >= 11 is 15.4. The quantitative estimate of drug-likeness (QED) is 0.719. The van der Waals surface area contributed by atoms with Crippen LogP contribution in [0.5, 0.6) is 0 Å². The molecular formula is C15H10BrCl2NO. The molecule has 102 valence electrons. The van der Waals surface area contributed by atoms with Crippen LogP contribution in [0.25, 0.3) is 6.08 Å². The predicted octanol–water partition coefficient (Wildman–Crippen LogP) is 5.41. The van der Waals surface area contributed by atoms with Crippen molar-refractivity contribution in [1.82, 2.24) is 0 Å². The first-order valence-corrected chi connectivity index (χ1v) is 7.30. The van der Waals surface area contributed by atoms with Crippen molar-refractivity contribution < 1.29 is 4.79 Å². The summed E-state index contributed by atoms with van der Waals surface area (Å²) in [4.78, 5) is 11.8. The topological polar surface area (TPSA) is 29.1 Å². The fraction of sp³-hybridized carbons (Fsp3) is 0. The molecule has 0 aliphatic carbocycles. The molecule has 0 unspecified atom stereocenters. The molecule has 0 saturated carbocycles. The van der Waals surface area contributed by atoms with Gasteiger partial charge in [0.2, 0.25) is 5.91 Å². The highest BCUT2D eigenvalue weighted by Gasteiger charge is 2.03. The standard InChI is InChI=1S/C15H10BrCl2NO/c16-10-4-6-11(7-5-10)19-15(20)9-8-12-13(17)2-1-3-14(12)18/h1-9H,(H,19,20). The summed E-state index contributed by atoms with van der Waals surface area (Å²) < 4.78 is 0.953. The molecule has 2 nitrogen and oxygen atoms in total. The Balaban J connectivity index is 2.08. The number of halogens is 3. The minimum absolute atomic E-state index is 0.247. The van der Waals surface area contributed by atoms with Gasteiger partial charge in [-0.1, -0.05) is 45.2 Å². The third kappa shape index (κ3) is 4.10. The Morgan fingerprint density at radius 3 is 2.25 bits per heavy atom. The van der Waals surface area contributed by atoms with Crippen LogP contribution in [0.1, 0.15) is 5.56 Å². The van der Waals surface area contributed by atoms with Gasteiger partial charge in [0.05, 0.1) is 0 Å². The maximum Gasteiger partial charge on any atom is 0.248 e. The third-order valence-corrected chi connectivity index (χ3v) is 3.70. The maximum absolute atomic E-state index is 11.8. The monoisotopic (exact) mass is 369 g/mol. The normalized spacial score (nSPS) is 10.8. The highest BCUT2D eigenvalue weighted by molar-refractivity contribution is 9.10. The van der Waals surface area contributed by atoms with Crippen molar-refractivity contribution in [2.75, 3.05) is 5.32 Å². The first kappa shape index (κ1) is 15.1. The van der Waals surface area contributed by atoms with E-state index in [1.165, 1.54) is 6.08 Å². The first-order valence-electron chi connectivity index (χ1n) is 5.75. The van der Waals surface area contributed by atoms with Crippen LogP contribution in [0.4, 0.5) is 5.69 Å². The van der Waals surface area contributed by atoms with Crippen LogP contribution in [-0.4, -0.2) is 5.91 Å². The number of rotatable bonds is 3. The van der Waals surface area contributed by atoms with Crippen LogP contribution in [-0.2, 0) is 4.79 Å². The van der Waals surface area contributed by atoms with E-state index in [2.05, 4.69) is 21.2 Å². The molecule has 0 spiro atoms. The summed E-state index contributed by atoms with van der Waals surface area (Å²) in [6.07, 6.45) is 2.99. The first-order chi connectivity index (χ1) is 9.56. The molecule has 2 rings (SSSR count). The molecule has 0 heterocycles. The lowest BCUT2D eigenvalue weighted by Gasteiger charge is -2.03. The Morgan fingerprint density at radius 2 is 1.65 bits per heavy atom. The van der Waals surface area contributed by atoms with E-state index in [1.807, 2.05) is 12.1 Å². The van der Waals surface area contributed by atoms with Crippen LogP contribution in [0.3, 0.4) is 0 Å². The van der Waals surface area contributed by atoms with Gasteiger partial charge in [0.15, 0.2) is 0 Å². The van der Waals surface area contributed by atoms with Crippen LogP contribution >= 0.6 is 39.1 Å². The van der Waals surface area contributed by atoms with Crippen LogP contribution in [0, 0.1) is 0 Å². The fourth-order valence-corrected chi connectivity index (χ4v) is 2.33. The second kappa shape index (κ2) is 6.93. The van der Waals surface area contributed by atoms with Gasteiger partial charge in [0.1, 0.15) is 0 Å². The molecular weight excluding hydrogens is 361 g/mol. The molecule has 1 N–H and O–H groups in total. The van der Waals surface area contributed by atoms with E-state index < -0.39 is 0 Å². The number of benzene rings is 2. The molecule has 0 radical (unpaired) electrons. The molecule has 0 fully saturated rings. The molecule has 0 saturated heterocycles. The summed E-state index contributed by atoms with van der Waals surface area (Å²) in [5.41, 5.74) is 1.34. The van der Waals surface area contributed by atoms with Crippen molar-refractivity contribution in [2.45, 2.75) is 0 Å². The van der Waals surface area contributed by atoms with E-state index in [9.17, 15) is 4.79 Å². The fourth-order valence-electron chi connectivity index (χ4n) is 1.55. The maximum atomic E-state index is 11.8. The van der Waals surface area contributed by atoms with E-state index in [4.69, 9.17) is 23.2 Å². The molecule has 2 aromatic rings. The largest absolute Gasteiger partial charge is 0.323 e. The summed E-state index contributed by atoms with van der Waals surface area (Å²) in [6, 6.07) is 12.5. The van der Waals surface area contributed by atoms with E-state index in [0.29, 0.717) is 21.3 Å². The van der Waals surface area contributed by atoms with Crippen LogP contribution < -0.4 is 5.32 Å². The summed E-state index contributed by atoms with van der Waals surface area (Å²) in [5, 5.41) is 3.76. The Bertz CT molecular complexity index is 633. The molecule has 1 amide bonds. The van der Waals surface area contributed by atoms with Crippen LogP contribution in [0.15, 0.2) is 53.0 Å². The molecule has 0 aliphatic heterocycles. The van der Waals surface area contributed by atoms with E-state index in [0.717, 1.165) is 4.47 Å². The van der Waals surface area contributed by atoms with Gasteiger partial charge in [0, 0.05) is 31.8 Å². The van der Waals surface area contributed by atoms with Gasteiger partial charge in [-0.15, -0.1) is 0 Å². The number of carbonyl (C=O) groups excluding carboxylic acids is 1. The number of nitrogens with one attached hydrogen (secondary N) is 1. The summed E-state index contributed by atoms with van der Waals surface area (Å²) in [6.45, 7) is 0. The van der Waals surface area contributed by atoms with Crippen molar-refractivity contribution in [3.05, 3.63) is 68.6 Å². The molecule has 2 aromatic carbocycles. The highest BCUT2D eigenvalue weighted by Crippen LogP contribution is 2.25. The van der Waals surface area contributed by atoms with Crippen molar-refractivity contribution in [2.24, 2.45) is 0 Å². The molecule has 0 bridgehead atoms. The Morgan fingerprint density at radius 1 is 1.05 bits per heavy atom. The van der Waals surface area contributed by atoms with Gasteiger partial charge in [-0.2, -0.15) is 0 Å². The van der Waals surface area contributed by atoms with Gasteiger partial charge in [0.25, 0.3) is 0 Å². The Kier molecular flexibility index (Phi) is 5.24. The SMILES string of the molecule is O=C(C=Cc1c(Cl)cccc1Cl)Nc1ccc(Br)cc1. The molecule has 5 heteroatoms. The zero-order valence-electron chi connectivity index (χ0n) is 10.2. The predicted molar refractivity (Wildman–Crippen MR) is 88.3 cm³/mol. The van der Waals surface area contributed by atoms with Crippen molar-refractivity contribution >= 4 is 56.8 Å². The number of hydrogen-bond donors (Lipinski definition) is 1. The van der Waals surface area contributed by atoms with Crippen molar-refractivity contribution in [3.63, 3.8) is 0 Å². The molecule has 0 atom stereocenters. The second-order valence-corrected chi connectivity index (χ2v) is 5.69. The Labute approximate surface area is 135 Å². The third-order valence-electron chi connectivity index (χ3n) is 2.51. The number of amides is 1. The van der Waals surface area contributed by atoms with E-state index in [1.54, 1.807) is 36.4 Å². The minimum atomic E-state index is -0.247. The Hall–Kier alpha value is -1.29.